The minimum Gasteiger partial charge on any atom is -0.393 e. The highest BCUT2D eigenvalue weighted by Crippen LogP contribution is 2.58. The van der Waals surface area contributed by atoms with Crippen molar-refractivity contribution >= 4 is 5.96 Å². The highest BCUT2D eigenvalue weighted by molar-refractivity contribution is 5.80. The van der Waals surface area contributed by atoms with Crippen LogP contribution in [0.25, 0.3) is 0 Å². The van der Waals surface area contributed by atoms with Crippen LogP contribution in [0.1, 0.15) is 0 Å². The fourth-order valence-electron chi connectivity index (χ4n) is 4.24. The van der Waals surface area contributed by atoms with Crippen LogP contribution >= 0.6 is 0 Å². The van der Waals surface area contributed by atoms with Crippen molar-refractivity contribution in [3.8, 4) is 0 Å². The molecule has 4 fully saturated rings. The smallest absolute Gasteiger partial charge is 0.311 e. The third-order valence-electron chi connectivity index (χ3n) is 5.22. The normalized spacial score (nSPS) is 62.4. The van der Waals surface area contributed by atoms with Crippen molar-refractivity contribution in [1.82, 2.24) is 5.32 Å². The van der Waals surface area contributed by atoms with E-state index >= 15 is 0 Å². The number of aliphatic hydroxyl groups excluding tert-OH is 4. The number of nitrogens with one attached hydrogen (secondary N) is 1. The first-order valence-electron chi connectivity index (χ1n) is 6.77. The molecule has 0 amide bonds. The summed E-state index contributed by atoms with van der Waals surface area (Å²) in [6.07, 6.45) is -7.77. The van der Waals surface area contributed by atoms with Crippen molar-refractivity contribution in [2.45, 2.75) is 47.8 Å². The molecule has 0 radical (unpaired) electrons. The minimum absolute atomic E-state index is 0.250. The Kier molecular flexibility index (Phi) is 2.57. The second-order valence-corrected chi connectivity index (χ2v) is 6.22. The van der Waals surface area contributed by atoms with Gasteiger partial charge in [0, 0.05) is 0 Å². The third kappa shape index (κ3) is 1.28. The van der Waals surface area contributed by atoms with Gasteiger partial charge in [0.05, 0.1) is 12.5 Å². The molecule has 0 aromatic carbocycles. The lowest BCUT2D eigenvalue weighted by atomic mass is 9.55. The van der Waals surface area contributed by atoms with Gasteiger partial charge in [-0.25, -0.2) is 4.99 Å². The Morgan fingerprint density at radius 1 is 1.18 bits per heavy atom. The Morgan fingerprint density at radius 3 is 2.45 bits per heavy atom. The molecule has 3 saturated heterocycles. The number of nitrogens with two attached hydrogens (primary N) is 1. The standard InChI is InChI=1S/C11H17N3O8/c12-8-13-6(17)2-4-9(19,1-15)5-3(16)10(2,14-8)7(18)11(20,21-4)22-5/h2-7,15-20H,1H2,(H3,12,13,14)/t2-,3+,4-,5-,6-,7+,9+,10?,11+/m1/s1. The van der Waals surface area contributed by atoms with E-state index in [0.717, 1.165) is 0 Å². The summed E-state index contributed by atoms with van der Waals surface area (Å²) >= 11 is 0. The van der Waals surface area contributed by atoms with Gasteiger partial charge in [0.15, 0.2) is 18.3 Å². The van der Waals surface area contributed by atoms with Crippen LogP contribution < -0.4 is 11.1 Å². The summed E-state index contributed by atoms with van der Waals surface area (Å²) in [6, 6.07) is 0. The summed E-state index contributed by atoms with van der Waals surface area (Å²) in [5.41, 5.74) is 1.74. The number of nitrogens with zero attached hydrogens (tertiary/aromatic N) is 1. The van der Waals surface area contributed by atoms with Gasteiger partial charge in [-0.05, 0) is 0 Å². The molecule has 1 saturated carbocycles. The van der Waals surface area contributed by atoms with E-state index in [2.05, 4.69) is 10.3 Å². The molecule has 4 bridgehead atoms. The number of guanidine groups is 1. The van der Waals surface area contributed by atoms with Crippen LogP contribution in [-0.2, 0) is 9.47 Å². The third-order valence-corrected chi connectivity index (χ3v) is 5.22. The number of ether oxygens (including phenoxy) is 2. The van der Waals surface area contributed by atoms with Crippen molar-refractivity contribution in [1.29, 1.82) is 0 Å². The van der Waals surface area contributed by atoms with Crippen LogP contribution in [0, 0.1) is 5.92 Å². The number of aliphatic hydroxyl groups is 6. The van der Waals surface area contributed by atoms with Gasteiger partial charge in [-0.15, -0.1) is 0 Å². The lowest BCUT2D eigenvalue weighted by Crippen LogP contribution is -2.95. The van der Waals surface area contributed by atoms with E-state index < -0.39 is 60.3 Å². The van der Waals surface area contributed by atoms with Gasteiger partial charge < -0.3 is 51.2 Å². The number of rotatable bonds is 1. The first kappa shape index (κ1) is 14.5. The van der Waals surface area contributed by atoms with Crippen LogP contribution in [0.2, 0.25) is 0 Å². The molecule has 9 N–H and O–H groups in total. The van der Waals surface area contributed by atoms with E-state index in [1.165, 1.54) is 0 Å². The summed E-state index contributed by atoms with van der Waals surface area (Å²) in [6.45, 7) is -0.857. The van der Waals surface area contributed by atoms with Crippen LogP contribution in [0.3, 0.4) is 0 Å². The summed E-state index contributed by atoms with van der Waals surface area (Å²) in [7, 11) is 0. The molecule has 124 valence electrons. The molecule has 11 heteroatoms. The molecule has 1 aliphatic carbocycles. The Bertz CT molecular complexity index is 561. The quantitative estimate of drug-likeness (QED) is 0.231. The fraction of sp³-hybridized carbons (Fsp3) is 0.909. The molecule has 4 heterocycles. The minimum atomic E-state index is -2.52. The zero-order chi connectivity index (χ0) is 16.1. The molecular weight excluding hydrogens is 302 g/mol. The van der Waals surface area contributed by atoms with Gasteiger partial charge in [0.2, 0.25) is 0 Å². The van der Waals surface area contributed by atoms with Gasteiger partial charge in [-0.2, -0.15) is 0 Å². The van der Waals surface area contributed by atoms with E-state index in [1.807, 2.05) is 0 Å². The zero-order valence-electron chi connectivity index (χ0n) is 11.2. The maximum Gasteiger partial charge on any atom is 0.311 e. The topological polar surface area (TPSA) is 190 Å². The van der Waals surface area contributed by atoms with Crippen molar-refractivity contribution in [3.05, 3.63) is 0 Å². The molecule has 1 spiro atoms. The van der Waals surface area contributed by atoms with Gasteiger partial charge in [0.25, 0.3) is 0 Å². The summed E-state index contributed by atoms with van der Waals surface area (Å²) in [5, 5.41) is 64.3. The van der Waals surface area contributed by atoms with E-state index in [4.69, 9.17) is 15.2 Å². The fourth-order valence-corrected chi connectivity index (χ4v) is 4.24. The zero-order valence-corrected chi connectivity index (χ0v) is 11.2. The summed E-state index contributed by atoms with van der Waals surface area (Å²) in [4.78, 5) is 3.70. The van der Waals surface area contributed by atoms with E-state index in [9.17, 15) is 30.6 Å². The molecule has 0 aromatic heterocycles. The lowest BCUT2D eigenvalue weighted by molar-refractivity contribution is -0.548. The molecule has 11 nitrogen and oxygen atoms in total. The molecule has 5 aliphatic rings. The highest BCUT2D eigenvalue weighted by Gasteiger charge is 2.82. The predicted molar refractivity (Wildman–Crippen MR) is 65.7 cm³/mol. The average Bonchev–Trinajstić information content (AvgIpc) is 2.45. The van der Waals surface area contributed by atoms with Gasteiger partial charge in [-0.3, -0.25) is 0 Å². The maximum absolute atomic E-state index is 10.6. The number of aliphatic imine (C=N–C) groups is 1. The largest absolute Gasteiger partial charge is 0.393 e. The Hall–Kier alpha value is -1.05. The van der Waals surface area contributed by atoms with Gasteiger partial charge in [0.1, 0.15) is 29.5 Å². The Balaban J connectivity index is 1.95. The first-order valence-corrected chi connectivity index (χ1v) is 6.77. The van der Waals surface area contributed by atoms with Crippen LogP contribution in [0.4, 0.5) is 0 Å². The van der Waals surface area contributed by atoms with Crippen molar-refractivity contribution in [2.24, 2.45) is 16.6 Å². The molecule has 5 rings (SSSR count). The average molecular weight is 319 g/mol. The SMILES string of the molecule is NC1=N[C@H](O)[C@H]2[C@H]3O[C@]4(O)O[C@H]([C@H](O)C2(N1)[C@@H]4O)[C@]3(O)CO. The highest BCUT2D eigenvalue weighted by atomic mass is 16.9. The molecule has 4 aliphatic heterocycles. The van der Waals surface area contributed by atoms with Crippen LogP contribution in [-0.4, -0.2) is 91.0 Å². The van der Waals surface area contributed by atoms with Gasteiger partial charge >= 0.3 is 5.97 Å². The van der Waals surface area contributed by atoms with Crippen molar-refractivity contribution in [3.63, 3.8) is 0 Å². The van der Waals surface area contributed by atoms with E-state index in [-0.39, 0.29) is 5.96 Å². The molecule has 0 aromatic rings. The van der Waals surface area contributed by atoms with Crippen molar-refractivity contribution < 1.29 is 40.1 Å². The molecular formula is C11H17N3O8. The first-order chi connectivity index (χ1) is 10.2. The van der Waals surface area contributed by atoms with E-state index in [1.54, 1.807) is 0 Å². The number of hydrogen-bond acceptors (Lipinski definition) is 11. The molecule has 1 unspecified atom stereocenters. The summed E-state index contributed by atoms with van der Waals surface area (Å²) < 4.78 is 10.3. The predicted octanol–water partition coefficient (Wildman–Crippen LogP) is -5.52. The van der Waals surface area contributed by atoms with E-state index in [0.29, 0.717) is 0 Å². The maximum atomic E-state index is 10.6. The summed E-state index contributed by atoms with van der Waals surface area (Å²) in [5.74, 6) is -3.95. The molecule has 9 atom stereocenters. The number of hydrogen-bond donors (Lipinski definition) is 8. The molecule has 22 heavy (non-hydrogen) atoms. The van der Waals surface area contributed by atoms with Crippen molar-refractivity contribution in [2.75, 3.05) is 6.61 Å². The lowest BCUT2D eigenvalue weighted by Gasteiger charge is -2.71. The van der Waals surface area contributed by atoms with Gasteiger partial charge in [-0.1, -0.05) is 0 Å². The Labute approximate surface area is 123 Å². The second-order valence-electron chi connectivity index (χ2n) is 6.22. The monoisotopic (exact) mass is 319 g/mol. The van der Waals surface area contributed by atoms with Crippen LogP contribution in [0.5, 0.6) is 0 Å². The van der Waals surface area contributed by atoms with Crippen LogP contribution in [0.15, 0.2) is 4.99 Å². The second kappa shape index (κ2) is 3.88. The Morgan fingerprint density at radius 2 is 1.82 bits per heavy atom.